The van der Waals surface area contributed by atoms with Gasteiger partial charge in [-0.3, -0.25) is 5.32 Å². The fourth-order valence-corrected chi connectivity index (χ4v) is 4.05. The highest BCUT2D eigenvalue weighted by Crippen LogP contribution is 2.54. The quantitative estimate of drug-likeness (QED) is 0.894. The molecular weight excluding hydrogens is 276 g/mol. The molecule has 0 unspecified atom stereocenters. The number of ether oxygens (including phenoxy) is 1. The maximum Gasteiger partial charge on any atom is 0.321 e. The number of carbonyl (C=O) groups is 1. The van der Waals surface area contributed by atoms with Gasteiger partial charge in [-0.1, -0.05) is 24.2 Å². The lowest BCUT2D eigenvalue weighted by atomic mass is 9.60. The predicted molar refractivity (Wildman–Crippen MR) is 76.8 cm³/mol. The summed E-state index contributed by atoms with van der Waals surface area (Å²) in [6.45, 7) is 2.78. The number of anilines is 1. The van der Waals surface area contributed by atoms with E-state index in [9.17, 15) is 4.79 Å². The van der Waals surface area contributed by atoms with Crippen LogP contribution in [-0.4, -0.2) is 35.0 Å². The summed E-state index contributed by atoms with van der Waals surface area (Å²) in [5, 5.41) is 13.9. The van der Waals surface area contributed by atoms with Gasteiger partial charge in [-0.05, 0) is 26.2 Å². The number of hydrogen-bond acceptors (Lipinski definition) is 5. The highest BCUT2D eigenvalue weighted by molar-refractivity contribution is 7.13. The molecule has 2 atom stereocenters. The molecule has 0 saturated heterocycles. The van der Waals surface area contributed by atoms with Crippen molar-refractivity contribution in [3.63, 3.8) is 0 Å². The summed E-state index contributed by atoms with van der Waals surface area (Å²) in [5.74, 6) is 0. The summed E-state index contributed by atoms with van der Waals surface area (Å²) in [6, 6.07) is 0.0300. The van der Waals surface area contributed by atoms with Crippen molar-refractivity contribution >= 4 is 22.5 Å². The monoisotopic (exact) mass is 296 g/mol. The molecule has 0 aliphatic heterocycles. The minimum atomic E-state index is -0.187. The fourth-order valence-electron chi connectivity index (χ4n) is 3.61. The second-order valence-corrected chi connectivity index (χ2v) is 6.35. The molecule has 3 rings (SSSR count). The van der Waals surface area contributed by atoms with Gasteiger partial charge in [0.05, 0.1) is 6.10 Å². The second kappa shape index (κ2) is 5.65. The van der Waals surface area contributed by atoms with Crippen molar-refractivity contribution in [2.45, 2.75) is 51.2 Å². The first-order chi connectivity index (χ1) is 9.74. The van der Waals surface area contributed by atoms with Crippen LogP contribution >= 0.6 is 11.3 Å². The van der Waals surface area contributed by atoms with Gasteiger partial charge in [0.1, 0.15) is 5.51 Å². The molecule has 2 aliphatic carbocycles. The van der Waals surface area contributed by atoms with E-state index >= 15 is 0 Å². The number of nitrogens with one attached hydrogen (secondary N) is 2. The standard InChI is InChI=1S/C13H20N4O2S/c1-2-19-10-7-9(13(10)5-3-4-6-13)15-11(18)16-12-17-14-8-20-12/h8-10H,2-7H2,1H3,(H2,15,16,17,18)/t9-,10-/m1/s1. The van der Waals surface area contributed by atoms with Crippen LogP contribution in [0.4, 0.5) is 9.93 Å². The minimum Gasteiger partial charge on any atom is -0.378 e. The fraction of sp³-hybridized carbons (Fsp3) is 0.769. The molecule has 2 fully saturated rings. The lowest BCUT2D eigenvalue weighted by Gasteiger charge is -2.53. The summed E-state index contributed by atoms with van der Waals surface area (Å²) in [4.78, 5) is 12.0. The van der Waals surface area contributed by atoms with Crippen LogP contribution in [0, 0.1) is 5.41 Å². The predicted octanol–water partition coefficient (Wildman–Crippen LogP) is 2.40. The Hall–Kier alpha value is -1.21. The van der Waals surface area contributed by atoms with E-state index in [0.717, 1.165) is 25.9 Å². The highest BCUT2D eigenvalue weighted by atomic mass is 32.1. The molecule has 110 valence electrons. The molecule has 0 aromatic carbocycles. The van der Waals surface area contributed by atoms with E-state index in [0.29, 0.717) is 11.2 Å². The molecule has 1 spiro atoms. The van der Waals surface area contributed by atoms with Crippen LogP contribution in [0.3, 0.4) is 0 Å². The number of rotatable bonds is 4. The van der Waals surface area contributed by atoms with Crippen molar-refractivity contribution in [1.82, 2.24) is 15.5 Å². The molecule has 0 bridgehead atoms. The first-order valence-corrected chi connectivity index (χ1v) is 8.08. The average Bonchev–Trinajstić information content (AvgIpc) is 3.09. The second-order valence-electron chi connectivity index (χ2n) is 5.51. The van der Waals surface area contributed by atoms with Gasteiger partial charge in [0.25, 0.3) is 0 Å². The lowest BCUT2D eigenvalue weighted by molar-refractivity contribution is -0.126. The number of amides is 2. The number of urea groups is 1. The van der Waals surface area contributed by atoms with Crippen molar-refractivity contribution in [3.05, 3.63) is 5.51 Å². The normalized spacial score (nSPS) is 27.2. The third kappa shape index (κ3) is 2.40. The van der Waals surface area contributed by atoms with Crippen molar-refractivity contribution in [3.8, 4) is 0 Å². The van der Waals surface area contributed by atoms with E-state index in [1.807, 2.05) is 6.92 Å². The maximum atomic E-state index is 12.0. The summed E-state index contributed by atoms with van der Waals surface area (Å²) in [7, 11) is 0. The summed E-state index contributed by atoms with van der Waals surface area (Å²) < 4.78 is 5.84. The van der Waals surface area contributed by atoms with Crippen molar-refractivity contribution < 1.29 is 9.53 Å². The zero-order chi connectivity index (χ0) is 14.0. The van der Waals surface area contributed by atoms with Crippen LogP contribution in [-0.2, 0) is 4.74 Å². The van der Waals surface area contributed by atoms with Crippen LogP contribution < -0.4 is 10.6 Å². The van der Waals surface area contributed by atoms with E-state index in [1.54, 1.807) is 5.51 Å². The van der Waals surface area contributed by atoms with E-state index < -0.39 is 0 Å². The molecule has 2 amide bonds. The molecule has 0 radical (unpaired) electrons. The third-order valence-electron chi connectivity index (χ3n) is 4.57. The smallest absolute Gasteiger partial charge is 0.321 e. The van der Waals surface area contributed by atoms with Gasteiger partial charge in [0.2, 0.25) is 5.13 Å². The zero-order valence-corrected chi connectivity index (χ0v) is 12.4. The SMILES string of the molecule is CCO[C@@H]1C[C@@H](NC(=O)Nc2nncs2)C12CCCC2. The van der Waals surface area contributed by atoms with E-state index in [1.165, 1.54) is 24.2 Å². The summed E-state index contributed by atoms with van der Waals surface area (Å²) in [5.41, 5.74) is 1.76. The number of nitrogens with zero attached hydrogens (tertiary/aromatic N) is 2. The molecule has 2 saturated carbocycles. The Morgan fingerprint density at radius 3 is 3.00 bits per heavy atom. The van der Waals surface area contributed by atoms with Crippen molar-refractivity contribution in [2.24, 2.45) is 5.41 Å². The highest BCUT2D eigenvalue weighted by Gasteiger charge is 2.57. The Morgan fingerprint density at radius 2 is 2.35 bits per heavy atom. The number of aromatic nitrogens is 2. The summed E-state index contributed by atoms with van der Waals surface area (Å²) >= 11 is 1.32. The van der Waals surface area contributed by atoms with Gasteiger partial charge >= 0.3 is 6.03 Å². The third-order valence-corrected chi connectivity index (χ3v) is 5.18. The Balaban J connectivity index is 1.59. The Bertz CT molecular complexity index is 459. The van der Waals surface area contributed by atoms with Crippen molar-refractivity contribution in [2.75, 3.05) is 11.9 Å². The minimum absolute atomic E-state index is 0.161. The van der Waals surface area contributed by atoms with Gasteiger partial charge in [0.15, 0.2) is 0 Å². The molecule has 2 aliphatic rings. The molecular formula is C13H20N4O2S. The zero-order valence-electron chi connectivity index (χ0n) is 11.6. The Morgan fingerprint density at radius 1 is 1.55 bits per heavy atom. The molecule has 6 nitrogen and oxygen atoms in total. The molecule has 1 aromatic heterocycles. The Labute approximate surface area is 122 Å². The van der Waals surface area contributed by atoms with Crippen LogP contribution in [0.25, 0.3) is 0 Å². The average molecular weight is 296 g/mol. The van der Waals surface area contributed by atoms with Gasteiger partial charge in [-0.15, -0.1) is 10.2 Å². The van der Waals surface area contributed by atoms with Gasteiger partial charge in [-0.2, -0.15) is 0 Å². The van der Waals surface area contributed by atoms with Crippen LogP contribution in [0.5, 0.6) is 0 Å². The Kier molecular flexibility index (Phi) is 3.89. The van der Waals surface area contributed by atoms with E-state index in [4.69, 9.17) is 4.74 Å². The molecule has 1 heterocycles. The van der Waals surface area contributed by atoms with Crippen LogP contribution in [0.2, 0.25) is 0 Å². The van der Waals surface area contributed by atoms with Crippen molar-refractivity contribution in [1.29, 1.82) is 0 Å². The summed E-state index contributed by atoms with van der Waals surface area (Å²) in [6.07, 6.45) is 6.00. The van der Waals surface area contributed by atoms with E-state index in [2.05, 4.69) is 20.8 Å². The first-order valence-electron chi connectivity index (χ1n) is 7.20. The molecule has 1 aromatic rings. The number of hydrogen-bond donors (Lipinski definition) is 2. The number of carbonyl (C=O) groups excluding carboxylic acids is 1. The lowest BCUT2D eigenvalue weighted by Crippen LogP contribution is -2.64. The first kappa shape index (κ1) is 13.8. The van der Waals surface area contributed by atoms with Gasteiger partial charge in [0, 0.05) is 18.1 Å². The van der Waals surface area contributed by atoms with Crippen LogP contribution in [0.15, 0.2) is 5.51 Å². The molecule has 7 heteroatoms. The maximum absolute atomic E-state index is 12.0. The molecule has 2 N–H and O–H groups in total. The van der Waals surface area contributed by atoms with Crippen LogP contribution in [0.1, 0.15) is 39.0 Å². The molecule has 20 heavy (non-hydrogen) atoms. The van der Waals surface area contributed by atoms with Gasteiger partial charge in [-0.25, -0.2) is 4.79 Å². The van der Waals surface area contributed by atoms with E-state index in [-0.39, 0.29) is 17.5 Å². The largest absolute Gasteiger partial charge is 0.378 e. The topological polar surface area (TPSA) is 76.1 Å². The van der Waals surface area contributed by atoms with Gasteiger partial charge < -0.3 is 10.1 Å².